The first-order valence-electron chi connectivity index (χ1n) is 8.97. The highest BCUT2D eigenvalue weighted by atomic mass is 16.4. The Hall–Kier alpha value is -0.830. The van der Waals surface area contributed by atoms with Crippen molar-refractivity contribution in [3.63, 3.8) is 0 Å². The van der Waals surface area contributed by atoms with Gasteiger partial charge in [0, 0.05) is 5.54 Å². The molecule has 3 N–H and O–H groups in total. The van der Waals surface area contributed by atoms with Gasteiger partial charge in [-0.15, -0.1) is 0 Å². The fourth-order valence-electron chi connectivity index (χ4n) is 6.94. The van der Waals surface area contributed by atoms with E-state index < -0.39 is 11.4 Å². The van der Waals surface area contributed by atoms with E-state index in [1.165, 1.54) is 19.3 Å². The second-order valence-corrected chi connectivity index (χ2v) is 9.27. The van der Waals surface area contributed by atoms with Gasteiger partial charge >= 0.3 is 5.97 Å². The van der Waals surface area contributed by atoms with Crippen molar-refractivity contribution in [1.29, 1.82) is 0 Å². The van der Waals surface area contributed by atoms with E-state index in [0.29, 0.717) is 11.3 Å². The number of hydrogen-bond acceptors (Lipinski definition) is 2. The molecule has 22 heavy (non-hydrogen) atoms. The smallest absolute Gasteiger partial charge is 0.309 e. The number of carbonyl (C=O) groups is 1. The van der Waals surface area contributed by atoms with E-state index in [1.807, 2.05) is 6.92 Å². The quantitative estimate of drug-likeness (QED) is 0.725. The number of carboxylic acid groups (broad SMARTS) is 1. The standard InChI is InChI=1S/C19H29NO2/c1-16-8-4-14-18(12-16,11-10-16)9-5-13-17(2,15(21)22)6-3-7-19(13,14)20/h10-11,13-14H,3-9,12,20H2,1-2H3,(H,21,22)/t13?,14?,16-,17-,18?,19+/m1/s1. The van der Waals surface area contributed by atoms with Crippen molar-refractivity contribution in [2.75, 3.05) is 0 Å². The molecule has 0 aliphatic heterocycles. The van der Waals surface area contributed by atoms with Gasteiger partial charge in [0.1, 0.15) is 0 Å². The molecular formula is C19H29NO2. The molecule has 3 heteroatoms. The maximum atomic E-state index is 12.0. The summed E-state index contributed by atoms with van der Waals surface area (Å²) in [6.45, 7) is 4.34. The van der Waals surface area contributed by atoms with Crippen molar-refractivity contribution in [2.45, 2.75) is 70.8 Å². The highest BCUT2D eigenvalue weighted by Gasteiger charge is 2.65. The SMILES string of the molecule is C[C@]12C=CC3(CCC4[C@@](N)(CCC[C@@]4(C)C(=O)O)C3CC1)C2. The van der Waals surface area contributed by atoms with Crippen LogP contribution in [-0.4, -0.2) is 16.6 Å². The Morgan fingerprint density at radius 3 is 2.55 bits per heavy atom. The molecule has 4 rings (SSSR count). The van der Waals surface area contributed by atoms with Crippen LogP contribution in [0.5, 0.6) is 0 Å². The summed E-state index contributed by atoms with van der Waals surface area (Å²) < 4.78 is 0. The zero-order chi connectivity index (χ0) is 15.8. The zero-order valence-electron chi connectivity index (χ0n) is 13.9. The van der Waals surface area contributed by atoms with Gasteiger partial charge in [-0.25, -0.2) is 0 Å². The lowest BCUT2D eigenvalue weighted by atomic mass is 9.43. The first kappa shape index (κ1) is 14.7. The number of rotatable bonds is 1. The molecule has 0 radical (unpaired) electrons. The number of carboxylic acids is 1. The van der Waals surface area contributed by atoms with E-state index in [2.05, 4.69) is 19.1 Å². The van der Waals surface area contributed by atoms with Crippen LogP contribution < -0.4 is 5.73 Å². The number of aliphatic carboxylic acids is 1. The van der Waals surface area contributed by atoms with Crippen molar-refractivity contribution in [3.8, 4) is 0 Å². The Labute approximate surface area is 133 Å². The van der Waals surface area contributed by atoms with E-state index in [4.69, 9.17) is 5.73 Å². The summed E-state index contributed by atoms with van der Waals surface area (Å²) >= 11 is 0. The van der Waals surface area contributed by atoms with Gasteiger partial charge in [-0.1, -0.05) is 25.5 Å². The molecule has 122 valence electrons. The van der Waals surface area contributed by atoms with Gasteiger partial charge in [0.25, 0.3) is 0 Å². The number of nitrogens with two attached hydrogens (primary N) is 1. The van der Waals surface area contributed by atoms with Crippen LogP contribution in [0.25, 0.3) is 0 Å². The minimum Gasteiger partial charge on any atom is -0.481 e. The van der Waals surface area contributed by atoms with Crippen molar-refractivity contribution < 1.29 is 9.90 Å². The summed E-state index contributed by atoms with van der Waals surface area (Å²) in [4.78, 5) is 12.0. The highest BCUT2D eigenvalue weighted by Crippen LogP contribution is 2.68. The third-order valence-electron chi connectivity index (χ3n) is 8.01. The van der Waals surface area contributed by atoms with Gasteiger partial charge in [-0.3, -0.25) is 4.79 Å². The largest absolute Gasteiger partial charge is 0.481 e. The molecule has 0 aromatic rings. The summed E-state index contributed by atoms with van der Waals surface area (Å²) in [7, 11) is 0. The van der Waals surface area contributed by atoms with Gasteiger partial charge < -0.3 is 10.8 Å². The highest BCUT2D eigenvalue weighted by molar-refractivity contribution is 5.75. The molecule has 4 aliphatic rings. The van der Waals surface area contributed by atoms with Crippen molar-refractivity contribution in [2.24, 2.45) is 33.8 Å². The third-order valence-corrected chi connectivity index (χ3v) is 8.01. The maximum Gasteiger partial charge on any atom is 0.309 e. The van der Waals surface area contributed by atoms with E-state index in [1.54, 1.807) is 0 Å². The average Bonchev–Trinajstić information content (AvgIpc) is 2.68. The Kier molecular flexibility index (Phi) is 2.79. The number of fused-ring (bicyclic) bond motifs is 3. The molecule has 0 saturated heterocycles. The molecule has 0 aromatic carbocycles. The van der Waals surface area contributed by atoms with Gasteiger partial charge in [-0.2, -0.15) is 0 Å². The van der Waals surface area contributed by atoms with E-state index in [9.17, 15) is 9.90 Å². The molecule has 0 heterocycles. The fraction of sp³-hybridized carbons (Fsp3) is 0.842. The monoisotopic (exact) mass is 303 g/mol. The normalized spacial score (nSPS) is 56.3. The summed E-state index contributed by atoms with van der Waals surface area (Å²) in [6.07, 6.45) is 13.4. The molecule has 0 amide bonds. The van der Waals surface area contributed by atoms with E-state index >= 15 is 0 Å². The molecule has 3 unspecified atom stereocenters. The van der Waals surface area contributed by atoms with Crippen LogP contribution in [0.1, 0.15) is 65.2 Å². The molecule has 4 aliphatic carbocycles. The second-order valence-electron chi connectivity index (χ2n) is 9.27. The van der Waals surface area contributed by atoms with Crippen LogP contribution >= 0.6 is 0 Å². The summed E-state index contributed by atoms with van der Waals surface area (Å²) in [5.41, 5.74) is 6.78. The maximum absolute atomic E-state index is 12.0. The Balaban J connectivity index is 1.75. The van der Waals surface area contributed by atoms with Crippen LogP contribution in [0.2, 0.25) is 0 Å². The van der Waals surface area contributed by atoms with Crippen molar-refractivity contribution >= 4 is 5.97 Å². The molecule has 1 spiro atoms. The minimum absolute atomic E-state index is 0.139. The van der Waals surface area contributed by atoms with Crippen LogP contribution in [-0.2, 0) is 4.79 Å². The van der Waals surface area contributed by atoms with Crippen LogP contribution in [0, 0.1) is 28.1 Å². The Morgan fingerprint density at radius 2 is 1.82 bits per heavy atom. The molecule has 3 nitrogen and oxygen atoms in total. The summed E-state index contributed by atoms with van der Waals surface area (Å²) in [6, 6.07) is 0. The lowest BCUT2D eigenvalue weighted by molar-refractivity contribution is -0.166. The van der Waals surface area contributed by atoms with Gasteiger partial charge in [-0.05, 0) is 74.5 Å². The Bertz CT molecular complexity index is 558. The molecule has 3 fully saturated rings. The second kappa shape index (κ2) is 4.17. The summed E-state index contributed by atoms with van der Waals surface area (Å²) in [5.74, 6) is -0.0182. The van der Waals surface area contributed by atoms with Crippen LogP contribution in [0.3, 0.4) is 0 Å². The van der Waals surface area contributed by atoms with Crippen LogP contribution in [0.4, 0.5) is 0 Å². The molecule has 2 bridgehead atoms. The predicted molar refractivity (Wildman–Crippen MR) is 86.3 cm³/mol. The molecule has 6 atom stereocenters. The lowest BCUT2D eigenvalue weighted by Crippen LogP contribution is -2.68. The first-order chi connectivity index (χ1) is 10.2. The van der Waals surface area contributed by atoms with E-state index in [0.717, 1.165) is 32.1 Å². The minimum atomic E-state index is -0.634. The first-order valence-corrected chi connectivity index (χ1v) is 8.97. The average molecular weight is 303 g/mol. The Morgan fingerprint density at radius 1 is 1.09 bits per heavy atom. The third kappa shape index (κ3) is 1.64. The number of hydrogen-bond donors (Lipinski definition) is 2. The number of allylic oxidation sites excluding steroid dienone is 2. The van der Waals surface area contributed by atoms with E-state index in [-0.39, 0.29) is 16.9 Å². The van der Waals surface area contributed by atoms with Crippen LogP contribution in [0.15, 0.2) is 12.2 Å². The lowest BCUT2D eigenvalue weighted by Gasteiger charge is -2.63. The summed E-state index contributed by atoms with van der Waals surface area (Å²) in [5, 5.41) is 9.85. The molecule has 0 aromatic heterocycles. The predicted octanol–water partition coefficient (Wildman–Crippen LogP) is 3.73. The molecule has 3 saturated carbocycles. The molecular weight excluding hydrogens is 274 g/mol. The van der Waals surface area contributed by atoms with Gasteiger partial charge in [0.2, 0.25) is 0 Å². The van der Waals surface area contributed by atoms with Gasteiger partial charge in [0.15, 0.2) is 0 Å². The van der Waals surface area contributed by atoms with Crippen molar-refractivity contribution in [3.05, 3.63) is 12.2 Å². The fourth-order valence-corrected chi connectivity index (χ4v) is 6.94. The topological polar surface area (TPSA) is 63.3 Å². The van der Waals surface area contributed by atoms with Gasteiger partial charge in [0.05, 0.1) is 5.41 Å². The zero-order valence-corrected chi connectivity index (χ0v) is 13.9. The van der Waals surface area contributed by atoms with Crippen molar-refractivity contribution in [1.82, 2.24) is 0 Å².